The van der Waals surface area contributed by atoms with Gasteiger partial charge in [-0.1, -0.05) is 23.7 Å². The summed E-state index contributed by atoms with van der Waals surface area (Å²) in [6.07, 6.45) is 0. The van der Waals surface area contributed by atoms with Gasteiger partial charge in [0, 0.05) is 11.1 Å². The maximum absolute atomic E-state index is 12.2. The second-order valence-corrected chi connectivity index (χ2v) is 5.63. The molecule has 5 heteroatoms. The van der Waals surface area contributed by atoms with Gasteiger partial charge in [-0.15, -0.1) is 0 Å². The van der Waals surface area contributed by atoms with Crippen molar-refractivity contribution < 1.29 is 13.9 Å². The van der Waals surface area contributed by atoms with Gasteiger partial charge in [-0.25, -0.2) is 4.79 Å². The Kier molecular flexibility index (Phi) is 3.92. The largest absolute Gasteiger partial charge is 0.448 e. The highest BCUT2D eigenvalue weighted by Crippen LogP contribution is 2.22. The third-order valence-corrected chi connectivity index (χ3v) is 3.92. The van der Waals surface area contributed by atoms with E-state index in [4.69, 9.17) is 20.8 Å². The van der Waals surface area contributed by atoms with E-state index in [-0.39, 0.29) is 11.2 Å². The predicted octanol–water partition coefficient (Wildman–Crippen LogP) is 4.28. The maximum Gasteiger partial charge on any atom is 0.379 e. The number of esters is 1. The van der Waals surface area contributed by atoms with Crippen molar-refractivity contribution in [2.45, 2.75) is 13.8 Å². The number of fused-ring (bicyclic) bond motifs is 1. The van der Waals surface area contributed by atoms with Crippen LogP contribution in [0.5, 0.6) is 5.75 Å². The van der Waals surface area contributed by atoms with Crippen LogP contribution in [0.1, 0.15) is 21.7 Å². The van der Waals surface area contributed by atoms with E-state index in [0.717, 1.165) is 17.2 Å². The van der Waals surface area contributed by atoms with Crippen LogP contribution in [-0.2, 0) is 0 Å². The summed E-state index contributed by atoms with van der Waals surface area (Å²) in [4.78, 5) is 24.4. The van der Waals surface area contributed by atoms with Gasteiger partial charge >= 0.3 is 5.97 Å². The molecule has 0 aliphatic heterocycles. The van der Waals surface area contributed by atoms with Gasteiger partial charge in [-0.05, 0) is 49.2 Å². The van der Waals surface area contributed by atoms with Gasteiger partial charge < -0.3 is 9.15 Å². The zero-order valence-corrected chi connectivity index (χ0v) is 13.3. The fourth-order valence-electron chi connectivity index (χ4n) is 2.26. The van der Waals surface area contributed by atoms with Crippen LogP contribution in [0.2, 0.25) is 5.02 Å². The summed E-state index contributed by atoms with van der Waals surface area (Å²) in [5.74, 6) is -0.525. The fraction of sp³-hybridized carbons (Fsp3) is 0.111. The van der Waals surface area contributed by atoms with E-state index >= 15 is 0 Å². The minimum absolute atomic E-state index is 0.135. The molecule has 1 heterocycles. The van der Waals surface area contributed by atoms with Crippen LogP contribution >= 0.6 is 11.6 Å². The fourth-order valence-corrected chi connectivity index (χ4v) is 2.37. The molecule has 3 rings (SSSR count). The highest BCUT2D eigenvalue weighted by Gasteiger charge is 2.16. The van der Waals surface area contributed by atoms with Crippen molar-refractivity contribution in [3.8, 4) is 5.75 Å². The molecular weight excluding hydrogens is 316 g/mol. The Bertz CT molecular complexity index is 972. The van der Waals surface area contributed by atoms with E-state index in [1.807, 2.05) is 13.0 Å². The molecule has 0 spiro atoms. The molecule has 0 radical (unpaired) electrons. The first kappa shape index (κ1) is 15.3. The second-order valence-electron chi connectivity index (χ2n) is 5.23. The Morgan fingerprint density at radius 1 is 1.09 bits per heavy atom. The minimum atomic E-state index is -0.728. The highest BCUT2D eigenvalue weighted by molar-refractivity contribution is 6.31. The predicted molar refractivity (Wildman–Crippen MR) is 88.4 cm³/mol. The molecule has 0 amide bonds. The average molecular weight is 329 g/mol. The molecule has 0 saturated heterocycles. The number of hydrogen-bond donors (Lipinski definition) is 0. The number of hydrogen-bond acceptors (Lipinski definition) is 4. The molecule has 116 valence electrons. The van der Waals surface area contributed by atoms with E-state index in [0.29, 0.717) is 21.7 Å². The first-order valence-electron chi connectivity index (χ1n) is 6.97. The van der Waals surface area contributed by atoms with Gasteiger partial charge in [0.05, 0.1) is 5.39 Å². The Balaban J connectivity index is 1.99. The van der Waals surface area contributed by atoms with E-state index in [1.165, 1.54) is 0 Å². The Morgan fingerprint density at radius 3 is 2.61 bits per heavy atom. The summed E-state index contributed by atoms with van der Waals surface area (Å²) in [6.45, 7) is 3.61. The SMILES string of the molecule is Cc1cc(OC(=O)c2cc(=O)c3cccc(C)c3o2)ccc1Cl. The normalized spacial score (nSPS) is 10.7. The van der Waals surface area contributed by atoms with Crippen molar-refractivity contribution in [1.82, 2.24) is 0 Å². The number of aryl methyl sites for hydroxylation is 2. The average Bonchev–Trinajstić information content (AvgIpc) is 2.52. The molecule has 3 aromatic rings. The number of carbonyl (C=O) groups is 1. The quantitative estimate of drug-likeness (QED) is 0.520. The monoisotopic (exact) mass is 328 g/mol. The summed E-state index contributed by atoms with van der Waals surface area (Å²) < 4.78 is 10.8. The maximum atomic E-state index is 12.2. The Labute approximate surface area is 137 Å². The van der Waals surface area contributed by atoms with E-state index in [9.17, 15) is 9.59 Å². The third-order valence-electron chi connectivity index (χ3n) is 3.49. The molecule has 1 aromatic heterocycles. The zero-order valence-electron chi connectivity index (χ0n) is 12.6. The van der Waals surface area contributed by atoms with Crippen LogP contribution in [0.25, 0.3) is 11.0 Å². The molecule has 2 aromatic carbocycles. The lowest BCUT2D eigenvalue weighted by Crippen LogP contribution is -2.12. The highest BCUT2D eigenvalue weighted by atomic mass is 35.5. The number of rotatable bonds is 2. The molecule has 23 heavy (non-hydrogen) atoms. The van der Waals surface area contributed by atoms with Gasteiger partial charge in [0.1, 0.15) is 11.3 Å². The summed E-state index contributed by atoms with van der Waals surface area (Å²) in [7, 11) is 0. The van der Waals surface area contributed by atoms with Crippen molar-refractivity contribution >= 4 is 28.5 Å². The third kappa shape index (κ3) is 2.98. The van der Waals surface area contributed by atoms with Crippen LogP contribution in [0, 0.1) is 13.8 Å². The second kappa shape index (κ2) is 5.89. The number of benzene rings is 2. The summed E-state index contributed by atoms with van der Waals surface area (Å²) in [6, 6.07) is 11.2. The molecular formula is C18H13ClO4. The van der Waals surface area contributed by atoms with Gasteiger partial charge in [-0.3, -0.25) is 4.79 Å². The molecule has 0 N–H and O–H groups in total. The Hall–Kier alpha value is -2.59. The molecule has 4 nitrogen and oxygen atoms in total. The van der Waals surface area contributed by atoms with Gasteiger partial charge in [-0.2, -0.15) is 0 Å². The van der Waals surface area contributed by atoms with Crippen molar-refractivity contribution in [3.05, 3.63) is 74.6 Å². The molecule has 0 saturated carbocycles. The first-order valence-corrected chi connectivity index (χ1v) is 7.35. The van der Waals surface area contributed by atoms with Gasteiger partial charge in [0.25, 0.3) is 0 Å². The number of para-hydroxylation sites is 1. The number of carbonyl (C=O) groups excluding carboxylic acids is 1. The standard InChI is InChI=1S/C18H13ClO4/c1-10-4-3-5-13-15(20)9-16(23-17(10)13)18(21)22-12-6-7-14(19)11(2)8-12/h3-9H,1-2H3. The lowest BCUT2D eigenvalue weighted by Gasteiger charge is -2.07. The van der Waals surface area contributed by atoms with Gasteiger partial charge in [0.15, 0.2) is 5.43 Å². The van der Waals surface area contributed by atoms with Crippen molar-refractivity contribution in [1.29, 1.82) is 0 Å². The number of ether oxygens (including phenoxy) is 1. The van der Waals surface area contributed by atoms with Crippen LogP contribution in [0.3, 0.4) is 0 Å². The molecule has 0 bridgehead atoms. The Morgan fingerprint density at radius 2 is 1.87 bits per heavy atom. The lowest BCUT2D eigenvalue weighted by atomic mass is 10.1. The van der Waals surface area contributed by atoms with Crippen molar-refractivity contribution in [3.63, 3.8) is 0 Å². The molecule has 0 atom stereocenters. The minimum Gasteiger partial charge on any atom is -0.448 e. The smallest absolute Gasteiger partial charge is 0.379 e. The van der Waals surface area contributed by atoms with E-state index in [2.05, 4.69) is 0 Å². The van der Waals surface area contributed by atoms with Gasteiger partial charge in [0.2, 0.25) is 5.76 Å². The summed E-state index contributed by atoms with van der Waals surface area (Å²) in [5, 5.41) is 1.02. The van der Waals surface area contributed by atoms with E-state index < -0.39 is 5.97 Å². The lowest BCUT2D eigenvalue weighted by molar-refractivity contribution is 0.0702. The molecule has 0 fully saturated rings. The summed E-state index contributed by atoms with van der Waals surface area (Å²) >= 11 is 5.94. The van der Waals surface area contributed by atoms with Crippen molar-refractivity contribution in [2.24, 2.45) is 0 Å². The van der Waals surface area contributed by atoms with Crippen LogP contribution in [0.15, 0.2) is 51.7 Å². The summed E-state index contributed by atoms with van der Waals surface area (Å²) in [5.41, 5.74) is 1.66. The zero-order chi connectivity index (χ0) is 16.6. The van der Waals surface area contributed by atoms with Crippen LogP contribution < -0.4 is 10.2 Å². The topological polar surface area (TPSA) is 56.5 Å². The molecule has 0 unspecified atom stereocenters. The van der Waals surface area contributed by atoms with Crippen LogP contribution in [0.4, 0.5) is 0 Å². The molecule has 0 aliphatic carbocycles. The number of halogens is 1. The first-order chi connectivity index (χ1) is 11.0. The van der Waals surface area contributed by atoms with Crippen molar-refractivity contribution in [2.75, 3.05) is 0 Å². The molecule has 0 aliphatic rings. The van der Waals surface area contributed by atoms with Crippen LogP contribution in [-0.4, -0.2) is 5.97 Å². The van der Waals surface area contributed by atoms with E-state index in [1.54, 1.807) is 37.3 Å².